The average molecular weight is 405 g/mol. The lowest BCUT2D eigenvalue weighted by molar-refractivity contribution is -0.135. The van der Waals surface area contributed by atoms with Crippen molar-refractivity contribution >= 4 is 23.3 Å². The summed E-state index contributed by atoms with van der Waals surface area (Å²) in [7, 11) is 0. The standard InChI is InChI=1S/C24H27N3O3/c1-16(2)18-10-6-7-11-19(18)25-22(29)20-21(28)24(26-23(20)30)12-13-27(15-24)14-17-8-4-3-5-9-17/h3-11,16,20H,12-15H2,1-2H3,(H,25,29)(H,26,30). The van der Waals surface area contributed by atoms with Crippen LogP contribution < -0.4 is 10.6 Å². The van der Waals surface area contributed by atoms with Gasteiger partial charge in [-0.2, -0.15) is 0 Å². The van der Waals surface area contributed by atoms with Gasteiger partial charge in [0.2, 0.25) is 11.8 Å². The first-order valence-electron chi connectivity index (χ1n) is 10.4. The number of rotatable bonds is 5. The van der Waals surface area contributed by atoms with Crippen LogP contribution in [0.2, 0.25) is 0 Å². The van der Waals surface area contributed by atoms with Crippen LogP contribution in [0, 0.1) is 5.92 Å². The lowest BCUT2D eigenvalue weighted by Crippen LogP contribution is -2.49. The largest absolute Gasteiger partial charge is 0.341 e. The lowest BCUT2D eigenvalue weighted by Gasteiger charge is -2.23. The zero-order chi connectivity index (χ0) is 21.3. The molecule has 2 fully saturated rings. The minimum Gasteiger partial charge on any atom is -0.341 e. The third kappa shape index (κ3) is 3.75. The number of nitrogens with zero attached hydrogens (tertiary/aromatic N) is 1. The summed E-state index contributed by atoms with van der Waals surface area (Å²) in [6, 6.07) is 17.5. The molecule has 2 aromatic carbocycles. The van der Waals surface area contributed by atoms with E-state index < -0.39 is 23.3 Å². The second-order valence-corrected chi connectivity index (χ2v) is 8.55. The number of likely N-dealkylation sites (tertiary alicyclic amines) is 1. The van der Waals surface area contributed by atoms with Crippen molar-refractivity contribution < 1.29 is 14.4 Å². The minimum atomic E-state index is -1.30. The summed E-state index contributed by atoms with van der Waals surface area (Å²) in [6.07, 6.45) is 0.525. The Kier molecular flexibility index (Phi) is 5.43. The summed E-state index contributed by atoms with van der Waals surface area (Å²) in [5.74, 6) is -2.46. The fourth-order valence-electron chi connectivity index (χ4n) is 4.49. The molecule has 2 saturated heterocycles. The van der Waals surface area contributed by atoms with Crippen LogP contribution in [0.25, 0.3) is 0 Å². The van der Waals surface area contributed by atoms with Crippen LogP contribution in [0.4, 0.5) is 5.69 Å². The molecular formula is C24H27N3O3. The number of Topliss-reactive ketones (excluding diaryl/α,β-unsaturated/α-hetero) is 1. The van der Waals surface area contributed by atoms with Crippen LogP contribution >= 0.6 is 0 Å². The third-order valence-corrected chi connectivity index (χ3v) is 6.06. The van der Waals surface area contributed by atoms with Gasteiger partial charge >= 0.3 is 0 Å². The molecule has 2 unspecified atom stereocenters. The first-order valence-corrected chi connectivity index (χ1v) is 10.4. The molecule has 2 heterocycles. The van der Waals surface area contributed by atoms with Gasteiger partial charge in [0.05, 0.1) is 0 Å². The molecule has 6 heteroatoms. The average Bonchev–Trinajstić information content (AvgIpc) is 3.23. The third-order valence-electron chi connectivity index (χ3n) is 6.06. The summed E-state index contributed by atoms with van der Waals surface area (Å²) >= 11 is 0. The summed E-state index contributed by atoms with van der Waals surface area (Å²) in [5, 5.41) is 5.68. The van der Waals surface area contributed by atoms with Gasteiger partial charge in [0.1, 0.15) is 5.54 Å². The van der Waals surface area contributed by atoms with Gasteiger partial charge in [-0.3, -0.25) is 19.3 Å². The number of benzene rings is 2. The number of anilines is 1. The molecule has 30 heavy (non-hydrogen) atoms. The van der Waals surface area contributed by atoms with Gasteiger partial charge in [-0.15, -0.1) is 0 Å². The van der Waals surface area contributed by atoms with Crippen molar-refractivity contribution in [3.63, 3.8) is 0 Å². The predicted molar refractivity (Wildman–Crippen MR) is 115 cm³/mol. The van der Waals surface area contributed by atoms with Crippen molar-refractivity contribution in [2.45, 2.75) is 38.3 Å². The number of ketones is 1. The van der Waals surface area contributed by atoms with E-state index in [1.807, 2.05) is 62.4 Å². The Labute approximate surface area is 176 Å². The number of amides is 2. The maximum Gasteiger partial charge on any atom is 0.244 e. The highest BCUT2D eigenvalue weighted by molar-refractivity contribution is 6.28. The first kappa shape index (κ1) is 20.3. The Bertz CT molecular complexity index is 973. The van der Waals surface area contributed by atoms with E-state index in [2.05, 4.69) is 15.5 Å². The maximum atomic E-state index is 13.2. The highest BCUT2D eigenvalue weighted by Crippen LogP contribution is 2.33. The van der Waals surface area contributed by atoms with Crippen LogP contribution in [0.15, 0.2) is 54.6 Å². The summed E-state index contributed by atoms with van der Waals surface area (Å²) in [4.78, 5) is 40.9. The lowest BCUT2D eigenvalue weighted by atomic mass is 9.89. The van der Waals surface area contributed by atoms with Crippen molar-refractivity contribution in [2.75, 3.05) is 18.4 Å². The topological polar surface area (TPSA) is 78.5 Å². The van der Waals surface area contributed by atoms with E-state index in [9.17, 15) is 14.4 Å². The second kappa shape index (κ2) is 8.03. The molecule has 0 aromatic heterocycles. The second-order valence-electron chi connectivity index (χ2n) is 8.55. The van der Waals surface area contributed by atoms with Crippen molar-refractivity contribution in [3.05, 3.63) is 65.7 Å². The van der Waals surface area contributed by atoms with Gasteiger partial charge in [0.15, 0.2) is 11.7 Å². The van der Waals surface area contributed by atoms with Gasteiger partial charge in [-0.25, -0.2) is 0 Å². The zero-order valence-electron chi connectivity index (χ0n) is 17.4. The number of para-hydroxylation sites is 1. The molecular weight excluding hydrogens is 378 g/mol. The molecule has 2 amide bonds. The minimum absolute atomic E-state index is 0.210. The summed E-state index contributed by atoms with van der Waals surface area (Å²) in [5.41, 5.74) is 1.81. The van der Waals surface area contributed by atoms with Gasteiger partial charge < -0.3 is 10.6 Å². The number of hydrogen-bond donors (Lipinski definition) is 2. The Balaban J connectivity index is 1.47. The Hall–Kier alpha value is -2.99. The monoisotopic (exact) mass is 405 g/mol. The molecule has 156 valence electrons. The predicted octanol–water partition coefficient (Wildman–Crippen LogP) is 2.71. The molecule has 1 spiro atoms. The van der Waals surface area contributed by atoms with E-state index in [0.29, 0.717) is 31.7 Å². The van der Waals surface area contributed by atoms with E-state index in [1.54, 1.807) is 6.07 Å². The smallest absolute Gasteiger partial charge is 0.244 e. The van der Waals surface area contributed by atoms with E-state index in [0.717, 1.165) is 11.1 Å². The Morgan fingerprint density at radius 2 is 1.83 bits per heavy atom. The Morgan fingerprint density at radius 3 is 2.57 bits per heavy atom. The molecule has 4 rings (SSSR count). The number of hydrogen-bond acceptors (Lipinski definition) is 4. The van der Waals surface area contributed by atoms with Crippen molar-refractivity contribution in [2.24, 2.45) is 5.92 Å². The molecule has 2 aliphatic heterocycles. The molecule has 0 aliphatic carbocycles. The first-order chi connectivity index (χ1) is 14.4. The molecule has 2 atom stereocenters. The molecule has 2 N–H and O–H groups in total. The highest BCUT2D eigenvalue weighted by atomic mass is 16.2. The van der Waals surface area contributed by atoms with E-state index in [4.69, 9.17) is 0 Å². The zero-order valence-corrected chi connectivity index (χ0v) is 17.4. The van der Waals surface area contributed by atoms with Gasteiger partial charge in [-0.1, -0.05) is 62.4 Å². The molecule has 0 radical (unpaired) electrons. The SMILES string of the molecule is CC(C)c1ccccc1NC(=O)C1C(=O)NC2(CCN(Cc3ccccc3)C2)C1=O. The molecule has 0 saturated carbocycles. The molecule has 0 bridgehead atoms. The van der Waals surface area contributed by atoms with Crippen LogP contribution in [-0.4, -0.2) is 41.1 Å². The van der Waals surface area contributed by atoms with Crippen LogP contribution in [0.5, 0.6) is 0 Å². The summed E-state index contributed by atoms with van der Waals surface area (Å²) in [6.45, 7) is 5.91. The van der Waals surface area contributed by atoms with E-state index in [-0.39, 0.29) is 11.7 Å². The fraction of sp³-hybridized carbons (Fsp3) is 0.375. The van der Waals surface area contributed by atoms with Crippen LogP contribution in [-0.2, 0) is 20.9 Å². The number of carbonyl (C=O) groups excluding carboxylic acids is 3. The van der Waals surface area contributed by atoms with Crippen molar-refractivity contribution in [1.82, 2.24) is 10.2 Å². The maximum absolute atomic E-state index is 13.2. The number of nitrogens with one attached hydrogen (secondary N) is 2. The van der Waals surface area contributed by atoms with Crippen LogP contribution in [0.1, 0.15) is 37.3 Å². The van der Waals surface area contributed by atoms with Gasteiger partial charge in [-0.05, 0) is 29.5 Å². The van der Waals surface area contributed by atoms with Crippen molar-refractivity contribution in [3.8, 4) is 0 Å². The highest BCUT2D eigenvalue weighted by Gasteiger charge is 2.57. The van der Waals surface area contributed by atoms with Gasteiger partial charge in [0.25, 0.3) is 0 Å². The van der Waals surface area contributed by atoms with E-state index in [1.165, 1.54) is 0 Å². The van der Waals surface area contributed by atoms with Crippen molar-refractivity contribution in [1.29, 1.82) is 0 Å². The fourth-order valence-corrected chi connectivity index (χ4v) is 4.49. The molecule has 2 aromatic rings. The summed E-state index contributed by atoms with van der Waals surface area (Å²) < 4.78 is 0. The van der Waals surface area contributed by atoms with Gasteiger partial charge in [0, 0.05) is 25.3 Å². The number of carbonyl (C=O) groups is 3. The molecule has 2 aliphatic rings. The molecule has 6 nitrogen and oxygen atoms in total. The Morgan fingerprint density at radius 1 is 1.13 bits per heavy atom. The van der Waals surface area contributed by atoms with Crippen LogP contribution in [0.3, 0.4) is 0 Å². The normalized spacial score (nSPS) is 23.9. The quantitative estimate of drug-likeness (QED) is 0.750. The van der Waals surface area contributed by atoms with E-state index >= 15 is 0 Å².